The van der Waals surface area contributed by atoms with E-state index in [-0.39, 0.29) is 12.5 Å². The summed E-state index contributed by atoms with van der Waals surface area (Å²) in [4.78, 5) is 11.8. The van der Waals surface area contributed by atoms with Gasteiger partial charge in [-0.3, -0.25) is 4.79 Å². The first kappa shape index (κ1) is 18.5. The van der Waals surface area contributed by atoms with Gasteiger partial charge in [0.15, 0.2) is 0 Å². The molecule has 0 saturated heterocycles. The number of nitrogens with one attached hydrogen (secondary N) is 2. The standard InChI is InChI=1S/C21H18ClN3O2/c22-17-9-11-18(12-10-17)23-15-21(26)25-24-14-16-5-4-8-20(13-16)27-19-6-2-1-3-7-19/h1-14,23H,15H2,(H,25,26)/b24-14-. The Hall–Kier alpha value is -3.31. The van der Waals surface area contributed by atoms with Gasteiger partial charge < -0.3 is 10.1 Å². The van der Waals surface area contributed by atoms with Crippen LogP contribution in [0.15, 0.2) is 84.0 Å². The second-order valence-electron chi connectivity index (χ2n) is 5.64. The zero-order valence-corrected chi connectivity index (χ0v) is 15.2. The first-order chi connectivity index (χ1) is 13.2. The summed E-state index contributed by atoms with van der Waals surface area (Å²) in [6.45, 7) is 0.107. The predicted octanol–water partition coefficient (Wildman–Crippen LogP) is 4.69. The summed E-state index contributed by atoms with van der Waals surface area (Å²) in [6.07, 6.45) is 1.57. The first-order valence-corrected chi connectivity index (χ1v) is 8.71. The SMILES string of the molecule is O=C(CNc1ccc(Cl)cc1)N/N=C\c1cccc(Oc2ccccc2)c1. The Bertz CT molecular complexity index is 912. The fourth-order valence-corrected chi connectivity index (χ4v) is 2.38. The zero-order chi connectivity index (χ0) is 18.9. The smallest absolute Gasteiger partial charge is 0.259 e. The predicted molar refractivity (Wildman–Crippen MR) is 109 cm³/mol. The van der Waals surface area contributed by atoms with Crippen LogP contribution < -0.4 is 15.5 Å². The molecule has 3 aromatic carbocycles. The minimum atomic E-state index is -0.252. The molecule has 0 fully saturated rings. The third-order valence-electron chi connectivity index (χ3n) is 3.54. The lowest BCUT2D eigenvalue weighted by molar-refractivity contribution is -0.119. The van der Waals surface area contributed by atoms with Crippen molar-refractivity contribution in [3.05, 3.63) is 89.4 Å². The average Bonchev–Trinajstić information content (AvgIpc) is 2.69. The Kier molecular flexibility index (Phi) is 6.44. The molecule has 2 N–H and O–H groups in total. The van der Waals surface area contributed by atoms with Gasteiger partial charge in [0.25, 0.3) is 5.91 Å². The molecule has 3 rings (SSSR count). The molecular formula is C21H18ClN3O2. The van der Waals surface area contributed by atoms with Crippen LogP contribution in [0.4, 0.5) is 5.69 Å². The van der Waals surface area contributed by atoms with E-state index in [1.807, 2.05) is 54.6 Å². The summed E-state index contributed by atoms with van der Waals surface area (Å²) in [5.41, 5.74) is 4.11. The highest BCUT2D eigenvalue weighted by atomic mass is 35.5. The van der Waals surface area contributed by atoms with Crippen molar-refractivity contribution in [3.8, 4) is 11.5 Å². The van der Waals surface area contributed by atoms with Crippen molar-refractivity contribution in [1.29, 1.82) is 0 Å². The molecule has 0 heterocycles. The van der Waals surface area contributed by atoms with Gasteiger partial charge >= 0.3 is 0 Å². The molecule has 5 nitrogen and oxygen atoms in total. The van der Waals surface area contributed by atoms with Crippen LogP contribution >= 0.6 is 11.6 Å². The van der Waals surface area contributed by atoms with E-state index < -0.39 is 0 Å². The third kappa shape index (κ3) is 6.17. The third-order valence-corrected chi connectivity index (χ3v) is 3.79. The number of amides is 1. The highest BCUT2D eigenvalue weighted by Crippen LogP contribution is 2.21. The monoisotopic (exact) mass is 379 g/mol. The fraction of sp³-hybridized carbons (Fsp3) is 0.0476. The number of ether oxygens (including phenoxy) is 1. The number of carbonyl (C=O) groups is 1. The Morgan fingerprint density at radius 3 is 2.48 bits per heavy atom. The maximum atomic E-state index is 11.8. The molecule has 0 aliphatic carbocycles. The van der Waals surface area contributed by atoms with Crippen LogP contribution in [-0.4, -0.2) is 18.7 Å². The number of hydrazone groups is 1. The van der Waals surface area contributed by atoms with Crippen molar-refractivity contribution in [1.82, 2.24) is 5.43 Å². The molecule has 3 aromatic rings. The minimum Gasteiger partial charge on any atom is -0.457 e. The van der Waals surface area contributed by atoms with Gasteiger partial charge in [-0.05, 0) is 54.1 Å². The van der Waals surface area contributed by atoms with Crippen molar-refractivity contribution >= 4 is 29.4 Å². The van der Waals surface area contributed by atoms with Gasteiger partial charge in [-0.15, -0.1) is 0 Å². The molecule has 0 atom stereocenters. The van der Waals surface area contributed by atoms with E-state index in [1.54, 1.807) is 30.5 Å². The Morgan fingerprint density at radius 2 is 1.70 bits per heavy atom. The number of rotatable bonds is 7. The molecular weight excluding hydrogens is 362 g/mol. The summed E-state index contributed by atoms with van der Waals surface area (Å²) < 4.78 is 5.77. The van der Waals surface area contributed by atoms with Gasteiger partial charge in [0.2, 0.25) is 0 Å². The summed E-state index contributed by atoms with van der Waals surface area (Å²) in [5, 5.41) is 7.61. The van der Waals surface area contributed by atoms with E-state index in [2.05, 4.69) is 15.8 Å². The number of para-hydroxylation sites is 1. The molecule has 136 valence electrons. The average molecular weight is 380 g/mol. The molecule has 27 heavy (non-hydrogen) atoms. The van der Waals surface area contributed by atoms with Crippen LogP contribution in [0.2, 0.25) is 5.02 Å². The van der Waals surface area contributed by atoms with Crippen LogP contribution in [0.1, 0.15) is 5.56 Å². The van der Waals surface area contributed by atoms with Crippen molar-refractivity contribution in [3.63, 3.8) is 0 Å². The van der Waals surface area contributed by atoms with Gasteiger partial charge in [-0.1, -0.05) is 41.9 Å². The summed E-state index contributed by atoms with van der Waals surface area (Å²) in [6, 6.07) is 24.1. The van der Waals surface area contributed by atoms with Crippen LogP contribution in [0.25, 0.3) is 0 Å². The number of nitrogens with zero attached hydrogens (tertiary/aromatic N) is 1. The number of hydrogen-bond acceptors (Lipinski definition) is 4. The van der Waals surface area contributed by atoms with E-state index in [1.165, 1.54) is 0 Å². The molecule has 0 aromatic heterocycles. The number of anilines is 1. The number of halogens is 1. The maximum Gasteiger partial charge on any atom is 0.259 e. The van der Waals surface area contributed by atoms with Crippen molar-refractivity contribution in [2.24, 2.45) is 5.10 Å². The van der Waals surface area contributed by atoms with Crippen molar-refractivity contribution < 1.29 is 9.53 Å². The molecule has 0 spiro atoms. The van der Waals surface area contributed by atoms with Gasteiger partial charge in [0.05, 0.1) is 12.8 Å². The van der Waals surface area contributed by atoms with Crippen molar-refractivity contribution in [2.45, 2.75) is 0 Å². The largest absolute Gasteiger partial charge is 0.457 e. The fourth-order valence-electron chi connectivity index (χ4n) is 2.25. The molecule has 1 amide bonds. The highest BCUT2D eigenvalue weighted by Gasteiger charge is 2.00. The lowest BCUT2D eigenvalue weighted by Crippen LogP contribution is -2.25. The van der Waals surface area contributed by atoms with E-state index in [9.17, 15) is 4.79 Å². The molecule has 0 radical (unpaired) electrons. The quantitative estimate of drug-likeness (QED) is 0.462. The summed E-state index contributed by atoms with van der Waals surface area (Å²) in [5.74, 6) is 1.20. The molecule has 0 bridgehead atoms. The molecule has 0 unspecified atom stereocenters. The summed E-state index contributed by atoms with van der Waals surface area (Å²) >= 11 is 5.82. The zero-order valence-electron chi connectivity index (χ0n) is 14.4. The molecule has 6 heteroatoms. The Morgan fingerprint density at radius 1 is 0.963 bits per heavy atom. The topological polar surface area (TPSA) is 62.7 Å². The second-order valence-corrected chi connectivity index (χ2v) is 6.08. The normalized spacial score (nSPS) is 10.6. The van der Waals surface area contributed by atoms with Gasteiger partial charge in [0.1, 0.15) is 11.5 Å². The highest BCUT2D eigenvalue weighted by molar-refractivity contribution is 6.30. The van der Waals surface area contributed by atoms with Gasteiger partial charge in [-0.25, -0.2) is 5.43 Å². The minimum absolute atomic E-state index is 0.107. The Labute approximate surface area is 162 Å². The maximum absolute atomic E-state index is 11.8. The van der Waals surface area contributed by atoms with E-state index in [0.29, 0.717) is 10.8 Å². The van der Waals surface area contributed by atoms with Crippen LogP contribution in [0, 0.1) is 0 Å². The second kappa shape index (κ2) is 9.40. The van der Waals surface area contributed by atoms with Crippen LogP contribution in [0.5, 0.6) is 11.5 Å². The van der Waals surface area contributed by atoms with E-state index in [0.717, 1.165) is 17.0 Å². The summed E-state index contributed by atoms with van der Waals surface area (Å²) in [7, 11) is 0. The van der Waals surface area contributed by atoms with Gasteiger partial charge in [0, 0.05) is 10.7 Å². The lowest BCUT2D eigenvalue weighted by atomic mass is 10.2. The first-order valence-electron chi connectivity index (χ1n) is 8.33. The van der Waals surface area contributed by atoms with E-state index >= 15 is 0 Å². The number of benzene rings is 3. The van der Waals surface area contributed by atoms with E-state index in [4.69, 9.17) is 16.3 Å². The van der Waals surface area contributed by atoms with Crippen molar-refractivity contribution in [2.75, 3.05) is 11.9 Å². The molecule has 0 aliphatic heterocycles. The van der Waals surface area contributed by atoms with Gasteiger partial charge in [-0.2, -0.15) is 5.10 Å². The Balaban J connectivity index is 1.49. The van der Waals surface area contributed by atoms with Crippen LogP contribution in [0.3, 0.4) is 0 Å². The number of hydrogen-bond donors (Lipinski definition) is 2. The lowest BCUT2D eigenvalue weighted by Gasteiger charge is -2.06. The van der Waals surface area contributed by atoms with Crippen LogP contribution in [-0.2, 0) is 4.79 Å². The number of carbonyl (C=O) groups excluding carboxylic acids is 1. The molecule has 0 aliphatic rings. The molecule has 0 saturated carbocycles.